The molecular weight excluding hydrogens is 402 g/mol. The highest BCUT2D eigenvalue weighted by molar-refractivity contribution is 6.03. The summed E-state index contributed by atoms with van der Waals surface area (Å²) < 4.78 is 0. The minimum absolute atomic E-state index is 0.193. The largest absolute Gasteiger partial charge is 0.368 e. The fourth-order valence-electron chi connectivity index (χ4n) is 3.95. The molecule has 32 heavy (non-hydrogen) atoms. The number of piperazine rings is 1. The Labute approximate surface area is 191 Å². The summed E-state index contributed by atoms with van der Waals surface area (Å²) >= 11 is 0. The summed E-state index contributed by atoms with van der Waals surface area (Å²) in [6.45, 7) is 8.18. The second kappa shape index (κ2) is 11.1. The van der Waals surface area contributed by atoms with Crippen molar-refractivity contribution in [2.45, 2.75) is 12.8 Å². The van der Waals surface area contributed by atoms with Gasteiger partial charge in [-0.25, -0.2) is 0 Å². The summed E-state index contributed by atoms with van der Waals surface area (Å²) in [5, 5.41) is 2.98. The Morgan fingerprint density at radius 3 is 2.38 bits per heavy atom. The standard InChI is InChI=1S/C25H35N5O2/c1-19(20-7-5-4-6-8-20)18-27-25(32)21-9-10-23(22(17-21)24(26)31)30-15-13-29(14-16-30)12-11-28(2)3/h4-10,17,19H,11-16,18H2,1-3H3,(H2,26,31)(H,27,32). The molecule has 2 amide bonds. The smallest absolute Gasteiger partial charge is 0.251 e. The van der Waals surface area contributed by atoms with Crippen molar-refractivity contribution in [1.82, 2.24) is 15.1 Å². The van der Waals surface area contributed by atoms with Crippen molar-refractivity contribution in [3.05, 3.63) is 65.2 Å². The lowest BCUT2D eigenvalue weighted by molar-refractivity contribution is 0.0951. The predicted octanol–water partition coefficient (Wildman–Crippen LogP) is 2.00. The molecule has 3 N–H and O–H groups in total. The number of hydrogen-bond acceptors (Lipinski definition) is 5. The summed E-state index contributed by atoms with van der Waals surface area (Å²) in [5.74, 6) is -0.517. The minimum Gasteiger partial charge on any atom is -0.368 e. The van der Waals surface area contributed by atoms with Gasteiger partial charge >= 0.3 is 0 Å². The molecule has 1 aliphatic heterocycles. The zero-order chi connectivity index (χ0) is 23.1. The van der Waals surface area contributed by atoms with Crippen molar-refractivity contribution in [2.75, 3.05) is 64.8 Å². The Morgan fingerprint density at radius 1 is 1.06 bits per heavy atom. The predicted molar refractivity (Wildman–Crippen MR) is 129 cm³/mol. The molecule has 7 nitrogen and oxygen atoms in total. The van der Waals surface area contributed by atoms with Gasteiger partial charge in [-0.3, -0.25) is 14.5 Å². The molecule has 1 aliphatic rings. The van der Waals surface area contributed by atoms with E-state index in [2.05, 4.69) is 53.2 Å². The molecule has 1 heterocycles. The van der Waals surface area contributed by atoms with Crippen LogP contribution in [0.5, 0.6) is 0 Å². The first kappa shape index (κ1) is 23.8. The number of nitrogens with one attached hydrogen (secondary N) is 1. The van der Waals surface area contributed by atoms with E-state index in [1.807, 2.05) is 24.3 Å². The Morgan fingerprint density at radius 2 is 1.75 bits per heavy atom. The van der Waals surface area contributed by atoms with Gasteiger partial charge in [-0.15, -0.1) is 0 Å². The SMILES string of the molecule is CC(CNC(=O)c1ccc(N2CCN(CCN(C)C)CC2)c(C(N)=O)c1)c1ccccc1. The number of likely N-dealkylation sites (N-methyl/N-ethyl adjacent to an activating group) is 1. The van der Waals surface area contributed by atoms with Crippen LogP contribution in [0.4, 0.5) is 5.69 Å². The number of nitrogens with two attached hydrogens (primary N) is 1. The van der Waals surface area contributed by atoms with Crippen molar-refractivity contribution in [2.24, 2.45) is 5.73 Å². The van der Waals surface area contributed by atoms with Crippen LogP contribution >= 0.6 is 0 Å². The Kier molecular flexibility index (Phi) is 8.25. The molecule has 0 saturated carbocycles. The van der Waals surface area contributed by atoms with Crippen molar-refractivity contribution < 1.29 is 9.59 Å². The Hall–Kier alpha value is -2.90. The van der Waals surface area contributed by atoms with Crippen LogP contribution in [0.15, 0.2) is 48.5 Å². The van der Waals surface area contributed by atoms with Crippen molar-refractivity contribution in [1.29, 1.82) is 0 Å². The number of primary amides is 1. The zero-order valence-corrected chi connectivity index (χ0v) is 19.4. The second-order valence-corrected chi connectivity index (χ2v) is 8.75. The lowest BCUT2D eigenvalue weighted by Gasteiger charge is -2.37. The van der Waals surface area contributed by atoms with Crippen LogP contribution in [0.1, 0.15) is 39.1 Å². The van der Waals surface area contributed by atoms with E-state index in [4.69, 9.17) is 5.73 Å². The highest BCUT2D eigenvalue weighted by Gasteiger charge is 2.22. The normalized spacial score (nSPS) is 15.6. The monoisotopic (exact) mass is 437 g/mol. The molecule has 0 radical (unpaired) electrons. The van der Waals surface area contributed by atoms with Crippen LogP contribution < -0.4 is 16.0 Å². The maximum absolute atomic E-state index is 12.7. The average molecular weight is 438 g/mol. The van der Waals surface area contributed by atoms with Gasteiger partial charge in [0.1, 0.15) is 0 Å². The molecule has 0 spiro atoms. The summed E-state index contributed by atoms with van der Waals surface area (Å²) in [4.78, 5) is 31.7. The van der Waals surface area contributed by atoms with Crippen LogP contribution in [0, 0.1) is 0 Å². The molecule has 0 bridgehead atoms. The van der Waals surface area contributed by atoms with Crippen LogP contribution in [-0.4, -0.2) is 81.5 Å². The fraction of sp³-hybridized carbons (Fsp3) is 0.440. The molecule has 1 unspecified atom stereocenters. The van der Waals surface area contributed by atoms with Crippen molar-refractivity contribution in [3.63, 3.8) is 0 Å². The van der Waals surface area contributed by atoms with Gasteiger partial charge in [-0.1, -0.05) is 37.3 Å². The number of nitrogens with zero attached hydrogens (tertiary/aromatic N) is 3. The first-order valence-electron chi connectivity index (χ1n) is 11.2. The molecule has 0 aliphatic carbocycles. The topological polar surface area (TPSA) is 81.9 Å². The summed E-state index contributed by atoms with van der Waals surface area (Å²) in [6, 6.07) is 15.3. The number of carbonyl (C=O) groups is 2. The number of hydrogen-bond donors (Lipinski definition) is 2. The highest BCUT2D eigenvalue weighted by Crippen LogP contribution is 2.24. The molecule has 0 aromatic heterocycles. The third kappa shape index (κ3) is 6.31. The molecule has 1 atom stereocenters. The van der Waals surface area contributed by atoms with Gasteiger partial charge in [0.2, 0.25) is 0 Å². The summed E-state index contributed by atoms with van der Waals surface area (Å²) in [7, 11) is 4.16. The summed E-state index contributed by atoms with van der Waals surface area (Å²) in [6.07, 6.45) is 0. The van der Waals surface area contributed by atoms with Crippen LogP contribution in [0.25, 0.3) is 0 Å². The lowest BCUT2D eigenvalue weighted by atomic mass is 10.0. The van der Waals surface area contributed by atoms with Gasteiger partial charge in [-0.2, -0.15) is 0 Å². The molecule has 2 aromatic carbocycles. The molecule has 7 heteroatoms. The highest BCUT2D eigenvalue weighted by atomic mass is 16.2. The van der Waals surface area contributed by atoms with Gasteiger partial charge in [0.05, 0.1) is 5.56 Å². The van der Waals surface area contributed by atoms with Crippen LogP contribution in [0.2, 0.25) is 0 Å². The zero-order valence-electron chi connectivity index (χ0n) is 19.4. The maximum atomic E-state index is 12.7. The van der Waals surface area contributed by atoms with Gasteiger partial charge in [-0.05, 0) is 43.8 Å². The third-order valence-corrected chi connectivity index (χ3v) is 6.04. The molecule has 2 aromatic rings. The number of rotatable bonds is 9. The first-order chi connectivity index (χ1) is 15.3. The van der Waals surface area contributed by atoms with Crippen LogP contribution in [0.3, 0.4) is 0 Å². The number of carbonyl (C=O) groups excluding carboxylic acids is 2. The quantitative estimate of drug-likeness (QED) is 0.627. The van der Waals surface area contributed by atoms with E-state index in [0.29, 0.717) is 17.7 Å². The Bertz CT molecular complexity index is 908. The number of benzene rings is 2. The number of anilines is 1. The molecule has 3 rings (SSSR count). The molecule has 172 valence electrons. The van der Waals surface area contributed by atoms with Gasteiger partial charge < -0.3 is 20.9 Å². The number of amides is 2. The third-order valence-electron chi connectivity index (χ3n) is 6.04. The average Bonchev–Trinajstić information content (AvgIpc) is 2.81. The van der Waals surface area contributed by atoms with E-state index in [1.165, 1.54) is 5.56 Å². The van der Waals surface area contributed by atoms with Crippen molar-refractivity contribution >= 4 is 17.5 Å². The second-order valence-electron chi connectivity index (χ2n) is 8.75. The van der Waals surface area contributed by atoms with E-state index in [1.54, 1.807) is 12.1 Å². The fourth-order valence-corrected chi connectivity index (χ4v) is 3.95. The van der Waals surface area contributed by atoms with E-state index in [-0.39, 0.29) is 11.8 Å². The Balaban J connectivity index is 1.63. The van der Waals surface area contributed by atoms with Gasteiger partial charge in [0.25, 0.3) is 11.8 Å². The molecular formula is C25H35N5O2. The maximum Gasteiger partial charge on any atom is 0.251 e. The van der Waals surface area contributed by atoms with E-state index >= 15 is 0 Å². The summed E-state index contributed by atoms with van der Waals surface area (Å²) in [5.41, 5.74) is 8.51. The van der Waals surface area contributed by atoms with Gasteiger partial charge in [0, 0.05) is 57.1 Å². The van der Waals surface area contributed by atoms with Crippen molar-refractivity contribution in [3.8, 4) is 0 Å². The van der Waals surface area contributed by atoms with Crippen LogP contribution in [-0.2, 0) is 0 Å². The molecule has 1 saturated heterocycles. The lowest BCUT2D eigenvalue weighted by Crippen LogP contribution is -2.48. The molecule has 1 fully saturated rings. The van der Waals surface area contributed by atoms with Gasteiger partial charge in [0.15, 0.2) is 0 Å². The van der Waals surface area contributed by atoms with E-state index < -0.39 is 5.91 Å². The van der Waals surface area contributed by atoms with E-state index in [0.717, 1.165) is 45.0 Å². The minimum atomic E-state index is -0.512. The van der Waals surface area contributed by atoms with E-state index in [9.17, 15) is 9.59 Å². The first-order valence-corrected chi connectivity index (χ1v) is 11.2.